The van der Waals surface area contributed by atoms with Crippen molar-refractivity contribution >= 4 is 17.1 Å². The van der Waals surface area contributed by atoms with Crippen molar-refractivity contribution < 1.29 is 9.53 Å². The lowest BCUT2D eigenvalue weighted by molar-refractivity contribution is 0.211. The number of fused-ring (bicyclic) bond motifs is 1. The number of carbonyl (C=O) groups excluding carboxylic acids is 1. The molecule has 7 nitrogen and oxygen atoms in total. The van der Waals surface area contributed by atoms with Gasteiger partial charge in [-0.2, -0.15) is 0 Å². The number of ether oxygens (including phenoxy) is 1. The Morgan fingerprint density at radius 1 is 1.17 bits per heavy atom. The fraction of sp³-hybridized carbons (Fsp3) is 0. The van der Waals surface area contributed by atoms with Crippen molar-refractivity contribution in [2.75, 3.05) is 0 Å². The molecule has 7 heteroatoms. The molecule has 0 spiro atoms. The van der Waals surface area contributed by atoms with Crippen molar-refractivity contribution in [2.24, 2.45) is 5.73 Å². The maximum Gasteiger partial charge on any atom is 0.410 e. The zero-order valence-corrected chi connectivity index (χ0v) is 12.5. The van der Waals surface area contributed by atoms with Gasteiger partial charge in [0.1, 0.15) is 11.3 Å². The maximum absolute atomic E-state index is 11.0. The van der Waals surface area contributed by atoms with Gasteiger partial charge in [0.15, 0.2) is 5.75 Å². The van der Waals surface area contributed by atoms with Crippen LogP contribution in [0.1, 0.15) is 0 Å². The van der Waals surface area contributed by atoms with E-state index < -0.39 is 6.09 Å². The van der Waals surface area contributed by atoms with Gasteiger partial charge in [-0.05, 0) is 36.4 Å². The van der Waals surface area contributed by atoms with Gasteiger partial charge in [0, 0.05) is 23.6 Å². The van der Waals surface area contributed by atoms with Gasteiger partial charge in [-0.1, -0.05) is 6.07 Å². The molecule has 0 saturated heterocycles. The Balaban J connectivity index is 1.72. The third-order valence-corrected chi connectivity index (χ3v) is 3.63. The highest BCUT2D eigenvalue weighted by Gasteiger charge is 2.11. The molecule has 0 aliphatic rings. The van der Waals surface area contributed by atoms with Crippen molar-refractivity contribution in [3.63, 3.8) is 0 Å². The summed E-state index contributed by atoms with van der Waals surface area (Å²) in [6, 6.07) is 13.2. The van der Waals surface area contributed by atoms with Crippen LogP contribution < -0.4 is 10.5 Å². The minimum Gasteiger partial charge on any atom is -0.408 e. The van der Waals surface area contributed by atoms with E-state index in [0.717, 1.165) is 16.8 Å². The maximum atomic E-state index is 11.0. The van der Waals surface area contributed by atoms with Gasteiger partial charge in [0.25, 0.3) is 0 Å². The van der Waals surface area contributed by atoms with E-state index in [1.165, 1.54) is 0 Å². The molecule has 0 bridgehead atoms. The molecular weight excluding hydrogens is 306 g/mol. The fourth-order valence-corrected chi connectivity index (χ4v) is 2.54. The molecule has 0 unspecified atom stereocenters. The number of aromatic amines is 1. The van der Waals surface area contributed by atoms with Crippen molar-refractivity contribution in [1.82, 2.24) is 19.5 Å². The van der Waals surface area contributed by atoms with Gasteiger partial charge < -0.3 is 20.0 Å². The number of hydrogen-bond acceptors (Lipinski definition) is 4. The average molecular weight is 319 g/mol. The van der Waals surface area contributed by atoms with Gasteiger partial charge in [-0.15, -0.1) is 0 Å². The lowest BCUT2D eigenvalue weighted by Gasteiger charge is -2.02. The second-order valence-corrected chi connectivity index (χ2v) is 5.18. The number of hydrogen-bond donors (Lipinski definition) is 2. The first-order valence-corrected chi connectivity index (χ1v) is 7.25. The molecule has 2 heterocycles. The van der Waals surface area contributed by atoms with Crippen LogP contribution in [0.5, 0.6) is 5.75 Å². The van der Waals surface area contributed by atoms with E-state index in [-0.39, 0.29) is 0 Å². The van der Waals surface area contributed by atoms with Crippen LogP contribution in [0.2, 0.25) is 0 Å². The number of imidazole rings is 2. The van der Waals surface area contributed by atoms with Crippen molar-refractivity contribution in [3.05, 3.63) is 61.2 Å². The Morgan fingerprint density at radius 2 is 2.00 bits per heavy atom. The Bertz CT molecular complexity index is 1000. The standard InChI is InChI=1S/C17H13N5O2/c18-17(23)24-14-3-1-2-13-15(14)21-16(20-13)11-4-6-12(7-5-11)22-9-8-19-10-22/h1-10H,(H2,18,23)(H,20,21). The summed E-state index contributed by atoms with van der Waals surface area (Å²) < 4.78 is 6.91. The minimum atomic E-state index is -0.864. The molecule has 118 valence electrons. The van der Waals surface area contributed by atoms with Gasteiger partial charge in [0.05, 0.1) is 11.8 Å². The topological polar surface area (TPSA) is 98.8 Å². The molecule has 2 aromatic carbocycles. The number of nitrogens with one attached hydrogen (secondary N) is 1. The summed E-state index contributed by atoms with van der Waals surface area (Å²) >= 11 is 0. The molecule has 4 rings (SSSR count). The molecule has 0 aliphatic heterocycles. The summed E-state index contributed by atoms with van der Waals surface area (Å²) in [5.41, 5.74) is 8.34. The average Bonchev–Trinajstić information content (AvgIpc) is 3.25. The van der Waals surface area contributed by atoms with E-state index in [0.29, 0.717) is 17.1 Å². The quantitative estimate of drug-likeness (QED) is 0.606. The predicted molar refractivity (Wildman–Crippen MR) is 88.9 cm³/mol. The molecule has 4 aromatic rings. The number of aromatic nitrogens is 4. The molecule has 2 aromatic heterocycles. The number of primary amides is 1. The van der Waals surface area contributed by atoms with Crippen LogP contribution in [0, 0.1) is 0 Å². The number of nitrogens with two attached hydrogens (primary N) is 1. The Kier molecular flexibility index (Phi) is 3.24. The second-order valence-electron chi connectivity index (χ2n) is 5.18. The lowest BCUT2D eigenvalue weighted by atomic mass is 10.2. The van der Waals surface area contributed by atoms with E-state index in [9.17, 15) is 4.79 Å². The molecule has 0 fully saturated rings. The number of carbonyl (C=O) groups is 1. The fourth-order valence-electron chi connectivity index (χ4n) is 2.54. The van der Waals surface area contributed by atoms with E-state index in [4.69, 9.17) is 10.5 Å². The molecular formula is C17H13N5O2. The third-order valence-electron chi connectivity index (χ3n) is 3.63. The summed E-state index contributed by atoms with van der Waals surface area (Å²) in [5, 5.41) is 0. The third kappa shape index (κ3) is 2.48. The first kappa shape index (κ1) is 14.0. The van der Waals surface area contributed by atoms with Crippen LogP contribution in [0.4, 0.5) is 4.79 Å². The molecule has 0 aliphatic carbocycles. The number of nitrogens with zero attached hydrogens (tertiary/aromatic N) is 3. The van der Waals surface area contributed by atoms with Crippen molar-refractivity contribution in [3.8, 4) is 22.8 Å². The SMILES string of the molecule is NC(=O)Oc1cccc2[nH]c(-c3ccc(-n4ccnc4)cc3)nc12. The lowest BCUT2D eigenvalue weighted by Crippen LogP contribution is -2.16. The summed E-state index contributed by atoms with van der Waals surface area (Å²) in [6.07, 6.45) is 4.48. The van der Waals surface area contributed by atoms with Gasteiger partial charge in [0.2, 0.25) is 0 Å². The van der Waals surface area contributed by atoms with Gasteiger partial charge in [-0.3, -0.25) is 0 Å². The number of rotatable bonds is 3. The van der Waals surface area contributed by atoms with Crippen LogP contribution in [0.3, 0.4) is 0 Å². The first-order valence-electron chi connectivity index (χ1n) is 7.25. The van der Waals surface area contributed by atoms with E-state index in [2.05, 4.69) is 15.0 Å². The highest BCUT2D eigenvalue weighted by Crippen LogP contribution is 2.27. The van der Waals surface area contributed by atoms with Crippen LogP contribution in [0.15, 0.2) is 61.2 Å². The highest BCUT2D eigenvalue weighted by molar-refractivity contribution is 5.87. The number of H-pyrrole nitrogens is 1. The number of amides is 1. The minimum absolute atomic E-state index is 0.331. The summed E-state index contributed by atoms with van der Waals surface area (Å²) in [4.78, 5) is 22.8. The zero-order chi connectivity index (χ0) is 16.5. The van der Waals surface area contributed by atoms with Crippen LogP contribution in [0.25, 0.3) is 28.1 Å². The molecule has 0 saturated carbocycles. The summed E-state index contributed by atoms with van der Waals surface area (Å²) in [5.74, 6) is 1.01. The Labute approximate surface area is 136 Å². The zero-order valence-electron chi connectivity index (χ0n) is 12.5. The van der Waals surface area contributed by atoms with Gasteiger partial charge in [-0.25, -0.2) is 14.8 Å². The Hall–Kier alpha value is -3.61. The summed E-state index contributed by atoms with van der Waals surface area (Å²) in [7, 11) is 0. The largest absolute Gasteiger partial charge is 0.410 e. The van der Waals surface area contributed by atoms with E-state index in [1.54, 1.807) is 24.7 Å². The van der Waals surface area contributed by atoms with Crippen LogP contribution in [-0.4, -0.2) is 25.6 Å². The monoisotopic (exact) mass is 319 g/mol. The number of benzene rings is 2. The predicted octanol–water partition coefficient (Wildman–Crippen LogP) is 2.87. The smallest absolute Gasteiger partial charge is 0.408 e. The summed E-state index contributed by atoms with van der Waals surface area (Å²) in [6.45, 7) is 0. The molecule has 0 radical (unpaired) electrons. The highest BCUT2D eigenvalue weighted by atomic mass is 16.5. The van der Waals surface area contributed by atoms with E-state index >= 15 is 0 Å². The second kappa shape index (κ2) is 5.54. The first-order chi connectivity index (χ1) is 11.7. The number of para-hydroxylation sites is 1. The van der Waals surface area contributed by atoms with Crippen LogP contribution >= 0.6 is 0 Å². The van der Waals surface area contributed by atoms with E-state index in [1.807, 2.05) is 41.1 Å². The molecule has 0 atom stereocenters. The van der Waals surface area contributed by atoms with Gasteiger partial charge >= 0.3 is 6.09 Å². The molecule has 24 heavy (non-hydrogen) atoms. The van der Waals surface area contributed by atoms with Crippen LogP contribution in [-0.2, 0) is 0 Å². The van der Waals surface area contributed by atoms with Crippen molar-refractivity contribution in [1.29, 1.82) is 0 Å². The molecule has 3 N–H and O–H groups in total. The van der Waals surface area contributed by atoms with Crippen molar-refractivity contribution in [2.45, 2.75) is 0 Å². The molecule has 1 amide bonds. The Morgan fingerprint density at radius 3 is 2.71 bits per heavy atom. The normalized spacial score (nSPS) is 10.8.